The molecule has 0 atom stereocenters. The van der Waals surface area contributed by atoms with Crippen LogP contribution in [0.15, 0.2) is 54.9 Å². The first-order valence-electron chi connectivity index (χ1n) is 8.83. The number of pyridine rings is 1. The first kappa shape index (κ1) is 19.0. The molecule has 2 heterocycles. The van der Waals surface area contributed by atoms with E-state index < -0.39 is 0 Å². The summed E-state index contributed by atoms with van der Waals surface area (Å²) >= 11 is 6.90. The Morgan fingerprint density at radius 2 is 1.92 bits per heavy atom. The summed E-state index contributed by atoms with van der Waals surface area (Å²) in [6, 6.07) is 13.9. The van der Waals surface area contributed by atoms with Crippen LogP contribution in [0.4, 0.5) is 0 Å². The molecule has 0 radical (unpaired) electrons. The third kappa shape index (κ3) is 5.62. The van der Waals surface area contributed by atoms with Crippen molar-refractivity contribution < 1.29 is 4.79 Å². The lowest BCUT2D eigenvalue weighted by Crippen LogP contribution is -2.36. The molecule has 1 amide bonds. The van der Waals surface area contributed by atoms with Crippen molar-refractivity contribution in [3.8, 4) is 0 Å². The third-order valence-electron chi connectivity index (χ3n) is 4.41. The van der Waals surface area contributed by atoms with Crippen LogP contribution in [0.5, 0.6) is 0 Å². The molecule has 4 nitrogen and oxygen atoms in total. The van der Waals surface area contributed by atoms with Gasteiger partial charge in [0, 0.05) is 45.1 Å². The second kappa shape index (κ2) is 9.80. The van der Waals surface area contributed by atoms with Crippen LogP contribution in [-0.2, 0) is 11.3 Å². The zero-order valence-electron chi connectivity index (χ0n) is 14.7. The summed E-state index contributed by atoms with van der Waals surface area (Å²) in [5.74, 6) is 0.590. The summed E-state index contributed by atoms with van der Waals surface area (Å²) in [6.45, 7) is 4.39. The fourth-order valence-corrected chi connectivity index (χ4v) is 4.06. The second-order valence-electron chi connectivity index (χ2n) is 6.31. The maximum atomic E-state index is 12.6. The van der Waals surface area contributed by atoms with E-state index in [9.17, 15) is 4.79 Å². The van der Waals surface area contributed by atoms with E-state index in [0.29, 0.717) is 5.75 Å². The van der Waals surface area contributed by atoms with Gasteiger partial charge in [-0.2, -0.15) is 0 Å². The molecule has 2 aromatic rings. The largest absolute Gasteiger partial charge is 0.341 e. The van der Waals surface area contributed by atoms with Gasteiger partial charge in [0.25, 0.3) is 0 Å². The molecule has 0 unspecified atom stereocenters. The zero-order chi connectivity index (χ0) is 18.2. The van der Waals surface area contributed by atoms with Crippen LogP contribution in [0.1, 0.15) is 17.5 Å². The molecule has 136 valence electrons. The van der Waals surface area contributed by atoms with Crippen molar-refractivity contribution >= 4 is 34.1 Å². The van der Waals surface area contributed by atoms with Gasteiger partial charge in [-0.1, -0.05) is 48.6 Å². The summed E-state index contributed by atoms with van der Waals surface area (Å²) in [5, 5.41) is 0. The molecule has 0 bridgehead atoms. The third-order valence-corrected chi connectivity index (χ3v) is 5.88. The number of benzene rings is 1. The number of hydrogen-bond donors (Lipinski definition) is 0. The Morgan fingerprint density at radius 1 is 1.08 bits per heavy atom. The average molecular weight is 386 g/mol. The molecular formula is C20H23N3OS2. The molecule has 1 aromatic heterocycles. The van der Waals surface area contributed by atoms with Gasteiger partial charge in [-0.15, -0.1) is 11.8 Å². The zero-order valence-corrected chi connectivity index (χ0v) is 16.3. The molecule has 0 saturated carbocycles. The standard InChI is InChI=1S/C20H23N3OS2/c24-19(16-26-20(25)18-7-2-1-3-8-18)23-11-5-10-22(12-13-23)15-17-6-4-9-21-14-17/h1-4,6-9,14H,5,10-13,15-16H2. The lowest BCUT2D eigenvalue weighted by atomic mass is 10.2. The minimum Gasteiger partial charge on any atom is -0.341 e. The van der Waals surface area contributed by atoms with E-state index in [2.05, 4.69) is 16.0 Å². The summed E-state index contributed by atoms with van der Waals surface area (Å²) in [4.78, 5) is 21.1. The predicted molar refractivity (Wildman–Crippen MR) is 111 cm³/mol. The molecule has 1 aliphatic heterocycles. The van der Waals surface area contributed by atoms with E-state index in [1.54, 1.807) is 6.20 Å². The molecule has 0 N–H and O–H groups in total. The molecule has 3 rings (SSSR count). The normalized spacial score (nSPS) is 15.5. The number of carbonyl (C=O) groups excluding carboxylic acids is 1. The van der Waals surface area contributed by atoms with Crippen LogP contribution < -0.4 is 0 Å². The highest BCUT2D eigenvalue weighted by Crippen LogP contribution is 2.15. The Hall–Kier alpha value is -1.76. The highest BCUT2D eigenvalue weighted by Gasteiger charge is 2.19. The van der Waals surface area contributed by atoms with E-state index in [4.69, 9.17) is 12.2 Å². The number of aromatic nitrogens is 1. The smallest absolute Gasteiger partial charge is 0.233 e. The SMILES string of the molecule is O=C(CSC(=S)c1ccccc1)N1CCCN(Cc2cccnc2)CC1. The van der Waals surface area contributed by atoms with Gasteiger partial charge >= 0.3 is 0 Å². The van der Waals surface area contributed by atoms with Gasteiger partial charge in [0.05, 0.1) is 9.95 Å². The lowest BCUT2D eigenvalue weighted by molar-refractivity contribution is -0.128. The topological polar surface area (TPSA) is 36.4 Å². The molecular weight excluding hydrogens is 362 g/mol. The Balaban J connectivity index is 1.46. The highest BCUT2D eigenvalue weighted by atomic mass is 32.2. The predicted octanol–water partition coefficient (Wildman–Crippen LogP) is 3.22. The first-order chi connectivity index (χ1) is 12.7. The van der Waals surface area contributed by atoms with Gasteiger partial charge in [0.1, 0.15) is 0 Å². The number of thiocarbonyl (C=S) groups is 1. The van der Waals surface area contributed by atoms with E-state index in [0.717, 1.165) is 48.9 Å². The van der Waals surface area contributed by atoms with Gasteiger partial charge in [-0.3, -0.25) is 14.7 Å². The van der Waals surface area contributed by atoms with Crippen molar-refractivity contribution in [2.75, 3.05) is 31.9 Å². The number of carbonyl (C=O) groups is 1. The molecule has 1 fully saturated rings. The van der Waals surface area contributed by atoms with Gasteiger partial charge in [0.2, 0.25) is 5.91 Å². The second-order valence-corrected chi connectivity index (χ2v) is 7.97. The Labute approximate surface area is 164 Å². The Bertz CT molecular complexity index is 724. The van der Waals surface area contributed by atoms with Crippen LogP contribution in [0.25, 0.3) is 0 Å². The molecule has 1 aromatic carbocycles. The fraction of sp³-hybridized carbons (Fsp3) is 0.350. The highest BCUT2D eigenvalue weighted by molar-refractivity contribution is 8.24. The number of amides is 1. The molecule has 26 heavy (non-hydrogen) atoms. The van der Waals surface area contributed by atoms with Gasteiger partial charge in [0.15, 0.2) is 0 Å². The van der Waals surface area contributed by atoms with Crippen LogP contribution in [0, 0.1) is 0 Å². The van der Waals surface area contributed by atoms with Crippen LogP contribution >= 0.6 is 24.0 Å². The molecule has 6 heteroatoms. The maximum Gasteiger partial charge on any atom is 0.233 e. The van der Waals surface area contributed by atoms with E-state index in [1.165, 1.54) is 17.3 Å². The number of nitrogens with zero attached hydrogens (tertiary/aromatic N) is 3. The monoisotopic (exact) mass is 385 g/mol. The first-order valence-corrected chi connectivity index (χ1v) is 10.2. The van der Waals surface area contributed by atoms with Crippen molar-refractivity contribution in [3.63, 3.8) is 0 Å². The number of hydrogen-bond acceptors (Lipinski definition) is 5. The Morgan fingerprint density at radius 3 is 2.69 bits per heavy atom. The van der Waals surface area contributed by atoms with Crippen molar-refractivity contribution in [3.05, 3.63) is 66.0 Å². The molecule has 0 aliphatic carbocycles. The maximum absolute atomic E-state index is 12.6. The van der Waals surface area contributed by atoms with Crippen LogP contribution in [-0.4, -0.2) is 56.8 Å². The quantitative estimate of drug-likeness (QED) is 0.739. The van der Waals surface area contributed by atoms with Crippen molar-refractivity contribution in [1.82, 2.24) is 14.8 Å². The minimum atomic E-state index is 0.177. The van der Waals surface area contributed by atoms with Crippen molar-refractivity contribution in [1.29, 1.82) is 0 Å². The van der Waals surface area contributed by atoms with E-state index in [-0.39, 0.29) is 5.91 Å². The Kier molecular flexibility index (Phi) is 7.17. The molecule has 0 spiro atoms. The van der Waals surface area contributed by atoms with E-state index in [1.807, 2.05) is 47.5 Å². The van der Waals surface area contributed by atoms with Gasteiger partial charge < -0.3 is 4.90 Å². The van der Waals surface area contributed by atoms with Crippen LogP contribution in [0.2, 0.25) is 0 Å². The van der Waals surface area contributed by atoms with Crippen molar-refractivity contribution in [2.45, 2.75) is 13.0 Å². The minimum absolute atomic E-state index is 0.177. The molecule has 1 aliphatic rings. The van der Waals surface area contributed by atoms with E-state index >= 15 is 0 Å². The fourth-order valence-electron chi connectivity index (χ4n) is 3.00. The summed E-state index contributed by atoms with van der Waals surface area (Å²) in [5.41, 5.74) is 2.23. The van der Waals surface area contributed by atoms with Crippen LogP contribution in [0.3, 0.4) is 0 Å². The number of rotatable bonds is 5. The summed E-state index contributed by atoms with van der Waals surface area (Å²) in [6.07, 6.45) is 4.71. The van der Waals surface area contributed by atoms with Crippen molar-refractivity contribution in [2.24, 2.45) is 0 Å². The lowest BCUT2D eigenvalue weighted by Gasteiger charge is -2.22. The van der Waals surface area contributed by atoms with Gasteiger partial charge in [-0.25, -0.2) is 0 Å². The summed E-state index contributed by atoms with van der Waals surface area (Å²) in [7, 11) is 0. The number of thioether (sulfide) groups is 1. The molecule has 1 saturated heterocycles. The average Bonchev–Trinajstić information content (AvgIpc) is 2.93. The summed E-state index contributed by atoms with van der Waals surface area (Å²) < 4.78 is 0.784. The van der Waals surface area contributed by atoms with Gasteiger partial charge in [-0.05, 0) is 23.6 Å².